The van der Waals surface area contributed by atoms with E-state index in [1.54, 1.807) is 0 Å². The molecule has 0 spiro atoms. The SMILES string of the molecule is CCCC(CN1CCC(C)CC1)NCC. The fourth-order valence-electron chi connectivity index (χ4n) is 2.45. The van der Waals surface area contributed by atoms with Crippen LogP contribution in [0, 0.1) is 5.92 Å². The molecule has 0 saturated carbocycles. The Morgan fingerprint density at radius 1 is 1.27 bits per heavy atom. The smallest absolute Gasteiger partial charge is 0.0194 e. The number of likely N-dealkylation sites (tertiary alicyclic amines) is 1. The van der Waals surface area contributed by atoms with Crippen molar-refractivity contribution in [3.63, 3.8) is 0 Å². The molecule has 0 amide bonds. The number of hydrogen-bond donors (Lipinski definition) is 1. The fourth-order valence-corrected chi connectivity index (χ4v) is 2.45. The minimum absolute atomic E-state index is 0.716. The molecule has 0 aromatic carbocycles. The average Bonchev–Trinajstić information content (AvgIpc) is 2.22. The lowest BCUT2D eigenvalue weighted by Crippen LogP contribution is -2.44. The van der Waals surface area contributed by atoms with Crippen LogP contribution in [0.3, 0.4) is 0 Å². The lowest BCUT2D eigenvalue weighted by atomic mass is 9.98. The van der Waals surface area contributed by atoms with Crippen molar-refractivity contribution >= 4 is 0 Å². The highest BCUT2D eigenvalue weighted by Crippen LogP contribution is 2.16. The predicted molar refractivity (Wildman–Crippen MR) is 67.2 cm³/mol. The Morgan fingerprint density at radius 3 is 2.47 bits per heavy atom. The zero-order valence-corrected chi connectivity index (χ0v) is 10.8. The second-order valence-electron chi connectivity index (χ2n) is 5.03. The van der Waals surface area contributed by atoms with Gasteiger partial charge in [-0.05, 0) is 44.8 Å². The largest absolute Gasteiger partial charge is 0.313 e. The second-order valence-corrected chi connectivity index (χ2v) is 5.03. The fraction of sp³-hybridized carbons (Fsp3) is 1.00. The molecule has 0 bridgehead atoms. The normalized spacial score (nSPS) is 21.8. The number of piperidine rings is 1. The molecule has 1 heterocycles. The van der Waals surface area contributed by atoms with Gasteiger partial charge in [0.15, 0.2) is 0 Å². The second kappa shape index (κ2) is 7.24. The Balaban J connectivity index is 2.24. The van der Waals surface area contributed by atoms with Crippen molar-refractivity contribution in [2.45, 2.75) is 52.5 Å². The summed E-state index contributed by atoms with van der Waals surface area (Å²) in [7, 11) is 0. The van der Waals surface area contributed by atoms with Gasteiger partial charge in [0.25, 0.3) is 0 Å². The van der Waals surface area contributed by atoms with Gasteiger partial charge in [0.1, 0.15) is 0 Å². The van der Waals surface area contributed by atoms with Gasteiger partial charge in [-0.15, -0.1) is 0 Å². The van der Waals surface area contributed by atoms with Crippen molar-refractivity contribution in [3.05, 3.63) is 0 Å². The van der Waals surface area contributed by atoms with Crippen molar-refractivity contribution in [2.24, 2.45) is 5.92 Å². The van der Waals surface area contributed by atoms with Crippen LogP contribution < -0.4 is 5.32 Å². The van der Waals surface area contributed by atoms with Crippen LogP contribution in [-0.4, -0.2) is 37.1 Å². The first-order valence-electron chi connectivity index (χ1n) is 6.72. The third-order valence-electron chi connectivity index (χ3n) is 3.48. The maximum atomic E-state index is 3.60. The summed E-state index contributed by atoms with van der Waals surface area (Å²) in [6, 6.07) is 0.716. The molecule has 1 atom stereocenters. The molecule has 15 heavy (non-hydrogen) atoms. The van der Waals surface area contributed by atoms with Crippen LogP contribution in [0.15, 0.2) is 0 Å². The number of nitrogens with one attached hydrogen (secondary N) is 1. The summed E-state index contributed by atoms with van der Waals surface area (Å²) in [5, 5.41) is 3.60. The van der Waals surface area contributed by atoms with Crippen LogP contribution in [0.2, 0.25) is 0 Å². The Morgan fingerprint density at radius 2 is 1.93 bits per heavy atom. The molecule has 90 valence electrons. The minimum atomic E-state index is 0.716. The average molecular weight is 212 g/mol. The number of nitrogens with zero attached hydrogens (tertiary/aromatic N) is 1. The molecule has 1 aliphatic rings. The Labute approximate surface area is 95.4 Å². The van der Waals surface area contributed by atoms with Crippen molar-refractivity contribution < 1.29 is 0 Å². The van der Waals surface area contributed by atoms with Crippen molar-refractivity contribution in [1.29, 1.82) is 0 Å². The molecule has 1 saturated heterocycles. The summed E-state index contributed by atoms with van der Waals surface area (Å²) in [5.74, 6) is 0.949. The molecule has 1 N–H and O–H groups in total. The molecular formula is C13H28N2. The zero-order chi connectivity index (χ0) is 11.1. The van der Waals surface area contributed by atoms with E-state index in [4.69, 9.17) is 0 Å². The van der Waals surface area contributed by atoms with Crippen LogP contribution in [0.5, 0.6) is 0 Å². The van der Waals surface area contributed by atoms with E-state index in [-0.39, 0.29) is 0 Å². The Hall–Kier alpha value is -0.0800. The van der Waals surface area contributed by atoms with Gasteiger partial charge in [-0.3, -0.25) is 0 Å². The summed E-state index contributed by atoms with van der Waals surface area (Å²) in [4.78, 5) is 2.64. The van der Waals surface area contributed by atoms with E-state index >= 15 is 0 Å². The molecule has 1 unspecified atom stereocenters. The van der Waals surface area contributed by atoms with E-state index < -0.39 is 0 Å². The van der Waals surface area contributed by atoms with E-state index in [1.807, 2.05) is 0 Å². The van der Waals surface area contributed by atoms with Gasteiger partial charge in [-0.25, -0.2) is 0 Å². The monoisotopic (exact) mass is 212 g/mol. The first-order valence-corrected chi connectivity index (χ1v) is 6.72. The van der Waals surface area contributed by atoms with Gasteiger partial charge < -0.3 is 10.2 Å². The predicted octanol–water partition coefficient (Wildman–Crippen LogP) is 2.50. The first kappa shape index (κ1) is 13.0. The van der Waals surface area contributed by atoms with E-state index in [0.29, 0.717) is 6.04 Å². The van der Waals surface area contributed by atoms with Crippen molar-refractivity contribution in [1.82, 2.24) is 10.2 Å². The molecule has 2 nitrogen and oxygen atoms in total. The van der Waals surface area contributed by atoms with Crippen LogP contribution in [0.1, 0.15) is 46.5 Å². The van der Waals surface area contributed by atoms with Crippen LogP contribution in [0.4, 0.5) is 0 Å². The van der Waals surface area contributed by atoms with Crippen molar-refractivity contribution in [2.75, 3.05) is 26.2 Å². The molecule has 0 radical (unpaired) electrons. The third-order valence-corrected chi connectivity index (χ3v) is 3.48. The van der Waals surface area contributed by atoms with Gasteiger partial charge >= 0.3 is 0 Å². The minimum Gasteiger partial charge on any atom is -0.313 e. The summed E-state index contributed by atoms with van der Waals surface area (Å²) >= 11 is 0. The summed E-state index contributed by atoms with van der Waals surface area (Å²) in [6.45, 7) is 11.9. The number of rotatable bonds is 6. The summed E-state index contributed by atoms with van der Waals surface area (Å²) in [5.41, 5.74) is 0. The zero-order valence-electron chi connectivity index (χ0n) is 10.8. The molecule has 1 rings (SSSR count). The van der Waals surface area contributed by atoms with Gasteiger partial charge in [-0.2, -0.15) is 0 Å². The molecular weight excluding hydrogens is 184 g/mol. The number of likely N-dealkylation sites (N-methyl/N-ethyl adjacent to an activating group) is 1. The van der Waals surface area contributed by atoms with Crippen molar-refractivity contribution in [3.8, 4) is 0 Å². The third kappa shape index (κ3) is 4.98. The topological polar surface area (TPSA) is 15.3 Å². The summed E-state index contributed by atoms with van der Waals surface area (Å²) < 4.78 is 0. The lowest BCUT2D eigenvalue weighted by molar-refractivity contribution is 0.172. The van der Waals surface area contributed by atoms with Gasteiger partial charge in [-0.1, -0.05) is 27.2 Å². The maximum Gasteiger partial charge on any atom is 0.0194 e. The van der Waals surface area contributed by atoms with E-state index in [9.17, 15) is 0 Å². The Kier molecular flexibility index (Phi) is 6.26. The van der Waals surface area contributed by atoms with E-state index in [0.717, 1.165) is 12.5 Å². The van der Waals surface area contributed by atoms with E-state index in [2.05, 4.69) is 31.0 Å². The number of hydrogen-bond acceptors (Lipinski definition) is 2. The highest BCUT2D eigenvalue weighted by atomic mass is 15.2. The molecule has 1 fully saturated rings. The lowest BCUT2D eigenvalue weighted by Gasteiger charge is -2.33. The molecule has 0 aromatic heterocycles. The quantitative estimate of drug-likeness (QED) is 0.728. The molecule has 0 aromatic rings. The van der Waals surface area contributed by atoms with E-state index in [1.165, 1.54) is 45.3 Å². The van der Waals surface area contributed by atoms with Crippen LogP contribution in [0.25, 0.3) is 0 Å². The summed E-state index contributed by atoms with van der Waals surface area (Å²) in [6.07, 6.45) is 5.40. The Bertz CT molecular complexity index is 145. The molecule has 1 aliphatic heterocycles. The highest BCUT2D eigenvalue weighted by Gasteiger charge is 2.18. The van der Waals surface area contributed by atoms with Crippen LogP contribution >= 0.6 is 0 Å². The highest BCUT2D eigenvalue weighted by molar-refractivity contribution is 4.75. The molecule has 2 heteroatoms. The molecule has 0 aliphatic carbocycles. The van der Waals surface area contributed by atoms with Gasteiger partial charge in [0.2, 0.25) is 0 Å². The standard InChI is InChI=1S/C13H28N2/c1-4-6-13(14-5-2)11-15-9-7-12(3)8-10-15/h12-14H,4-11H2,1-3H3. The van der Waals surface area contributed by atoms with Gasteiger partial charge in [0.05, 0.1) is 0 Å². The maximum absolute atomic E-state index is 3.60. The van der Waals surface area contributed by atoms with Crippen LogP contribution in [-0.2, 0) is 0 Å². The van der Waals surface area contributed by atoms with Gasteiger partial charge in [0, 0.05) is 12.6 Å². The first-order chi connectivity index (χ1) is 7.26.